The molecule has 0 saturated heterocycles. The minimum Gasteiger partial charge on any atom is -0.496 e. The number of alkyl halides is 1. The minimum absolute atomic E-state index is 0.113. The van der Waals surface area contributed by atoms with Crippen molar-refractivity contribution in [3.8, 4) is 5.75 Å². The van der Waals surface area contributed by atoms with E-state index in [1.54, 1.807) is 7.11 Å². The van der Waals surface area contributed by atoms with Crippen LogP contribution >= 0.6 is 43.5 Å². The van der Waals surface area contributed by atoms with Gasteiger partial charge in [0.1, 0.15) is 5.75 Å². The molecule has 0 bridgehead atoms. The van der Waals surface area contributed by atoms with Crippen LogP contribution < -0.4 is 4.74 Å². The van der Waals surface area contributed by atoms with Crippen LogP contribution in [-0.2, 0) is 6.42 Å². The van der Waals surface area contributed by atoms with Gasteiger partial charge in [-0.25, -0.2) is 0 Å². The SMILES string of the molecule is COc1ccccc1CC(Cl)c1cc(Br)c(C)cc1Br. The highest BCUT2D eigenvalue weighted by atomic mass is 79.9. The van der Waals surface area contributed by atoms with E-state index < -0.39 is 0 Å². The maximum atomic E-state index is 6.59. The van der Waals surface area contributed by atoms with Crippen LogP contribution in [0.15, 0.2) is 45.3 Å². The molecule has 0 aliphatic rings. The molecule has 0 saturated carbocycles. The highest BCUT2D eigenvalue weighted by molar-refractivity contribution is 9.11. The molecular formula is C16H15Br2ClO. The Morgan fingerprint density at radius 2 is 1.85 bits per heavy atom. The summed E-state index contributed by atoms with van der Waals surface area (Å²) < 4.78 is 7.48. The molecule has 0 aliphatic carbocycles. The van der Waals surface area contributed by atoms with Crippen molar-refractivity contribution in [3.63, 3.8) is 0 Å². The Morgan fingerprint density at radius 3 is 2.55 bits per heavy atom. The van der Waals surface area contributed by atoms with Crippen molar-refractivity contribution in [1.29, 1.82) is 0 Å². The summed E-state index contributed by atoms with van der Waals surface area (Å²) in [6, 6.07) is 12.1. The third kappa shape index (κ3) is 3.57. The molecule has 2 rings (SSSR count). The van der Waals surface area contributed by atoms with Crippen LogP contribution in [0, 0.1) is 6.92 Å². The first-order valence-electron chi connectivity index (χ1n) is 6.24. The van der Waals surface area contributed by atoms with Crippen LogP contribution in [-0.4, -0.2) is 7.11 Å². The molecule has 0 heterocycles. The average molecular weight is 419 g/mol. The number of hydrogen-bond acceptors (Lipinski definition) is 1. The summed E-state index contributed by atoms with van der Waals surface area (Å²) in [5.74, 6) is 0.875. The zero-order valence-corrected chi connectivity index (χ0v) is 15.2. The second kappa shape index (κ2) is 6.97. The zero-order chi connectivity index (χ0) is 14.7. The molecule has 1 nitrogen and oxygen atoms in total. The summed E-state index contributed by atoms with van der Waals surface area (Å²) in [4.78, 5) is 0. The standard InChI is InChI=1S/C16H15Br2ClO/c1-10-7-14(18)12(9-13(10)17)15(19)8-11-5-3-4-6-16(11)20-2/h3-7,9,15H,8H2,1-2H3. The molecule has 2 aromatic rings. The third-order valence-corrected chi connectivity index (χ3v) is 5.14. The predicted molar refractivity (Wildman–Crippen MR) is 91.9 cm³/mol. The second-order valence-corrected chi connectivity index (χ2v) is 6.84. The van der Waals surface area contributed by atoms with E-state index in [4.69, 9.17) is 16.3 Å². The van der Waals surface area contributed by atoms with Gasteiger partial charge in [0.2, 0.25) is 0 Å². The van der Waals surface area contributed by atoms with E-state index in [-0.39, 0.29) is 5.38 Å². The van der Waals surface area contributed by atoms with Crippen molar-refractivity contribution in [3.05, 3.63) is 62.0 Å². The molecule has 1 unspecified atom stereocenters. The number of aryl methyl sites for hydroxylation is 1. The van der Waals surface area contributed by atoms with E-state index in [2.05, 4.69) is 50.9 Å². The van der Waals surface area contributed by atoms with Crippen LogP contribution in [0.25, 0.3) is 0 Å². The average Bonchev–Trinajstić information content (AvgIpc) is 2.43. The monoisotopic (exact) mass is 416 g/mol. The lowest BCUT2D eigenvalue weighted by molar-refractivity contribution is 0.409. The van der Waals surface area contributed by atoms with Crippen molar-refractivity contribution < 1.29 is 4.74 Å². The first kappa shape index (κ1) is 15.9. The molecule has 106 valence electrons. The van der Waals surface area contributed by atoms with E-state index in [0.717, 1.165) is 32.2 Å². The van der Waals surface area contributed by atoms with Gasteiger partial charge in [-0.1, -0.05) is 50.1 Å². The van der Waals surface area contributed by atoms with Crippen LogP contribution in [0.4, 0.5) is 0 Å². The fourth-order valence-electron chi connectivity index (χ4n) is 2.08. The molecule has 0 aliphatic heterocycles. The Bertz CT molecular complexity index is 613. The highest BCUT2D eigenvalue weighted by Crippen LogP contribution is 2.36. The van der Waals surface area contributed by atoms with Gasteiger partial charge >= 0.3 is 0 Å². The number of methoxy groups -OCH3 is 1. The van der Waals surface area contributed by atoms with Crippen LogP contribution in [0.3, 0.4) is 0 Å². The van der Waals surface area contributed by atoms with Gasteiger partial charge in [-0.05, 0) is 48.2 Å². The molecule has 0 aromatic heterocycles. The topological polar surface area (TPSA) is 9.23 Å². The number of rotatable bonds is 4. The summed E-state index contributed by atoms with van der Waals surface area (Å²) in [5, 5.41) is -0.113. The Morgan fingerprint density at radius 1 is 1.15 bits per heavy atom. The molecule has 0 spiro atoms. The van der Waals surface area contributed by atoms with Crippen LogP contribution in [0.2, 0.25) is 0 Å². The van der Waals surface area contributed by atoms with Gasteiger partial charge in [0, 0.05) is 8.95 Å². The van der Waals surface area contributed by atoms with E-state index >= 15 is 0 Å². The Hall–Kier alpha value is -0.510. The fraction of sp³-hybridized carbons (Fsp3) is 0.250. The number of hydrogen-bond donors (Lipinski definition) is 0. The predicted octanol–water partition coefficient (Wildman–Crippen LogP) is 6.05. The number of benzene rings is 2. The molecule has 4 heteroatoms. The van der Waals surface area contributed by atoms with E-state index in [9.17, 15) is 0 Å². The molecule has 0 N–H and O–H groups in total. The summed E-state index contributed by atoms with van der Waals surface area (Å²) in [7, 11) is 1.68. The number of halogens is 3. The smallest absolute Gasteiger partial charge is 0.122 e. The van der Waals surface area contributed by atoms with Gasteiger partial charge in [0.15, 0.2) is 0 Å². The fourth-order valence-corrected chi connectivity index (χ4v) is 3.65. The lowest BCUT2D eigenvalue weighted by atomic mass is 10.0. The first-order valence-corrected chi connectivity index (χ1v) is 8.26. The van der Waals surface area contributed by atoms with Gasteiger partial charge in [0.25, 0.3) is 0 Å². The van der Waals surface area contributed by atoms with Gasteiger partial charge in [0.05, 0.1) is 12.5 Å². The maximum Gasteiger partial charge on any atom is 0.122 e. The molecule has 0 amide bonds. The molecule has 0 radical (unpaired) electrons. The van der Waals surface area contributed by atoms with Crippen LogP contribution in [0.1, 0.15) is 22.1 Å². The van der Waals surface area contributed by atoms with Crippen molar-refractivity contribution in [2.75, 3.05) is 7.11 Å². The third-order valence-electron chi connectivity index (χ3n) is 3.21. The molecule has 2 aromatic carbocycles. The first-order chi connectivity index (χ1) is 9.52. The van der Waals surface area contributed by atoms with E-state index in [1.807, 2.05) is 24.3 Å². The molecule has 20 heavy (non-hydrogen) atoms. The second-order valence-electron chi connectivity index (χ2n) is 4.61. The molecule has 1 atom stereocenters. The Balaban J connectivity index is 2.28. The minimum atomic E-state index is -0.113. The number of para-hydroxylation sites is 1. The van der Waals surface area contributed by atoms with Gasteiger partial charge in [-0.15, -0.1) is 11.6 Å². The van der Waals surface area contributed by atoms with Gasteiger partial charge in [-0.2, -0.15) is 0 Å². The maximum absolute atomic E-state index is 6.59. The summed E-state index contributed by atoms with van der Waals surface area (Å²) in [6.45, 7) is 2.06. The van der Waals surface area contributed by atoms with E-state index in [0.29, 0.717) is 0 Å². The quantitative estimate of drug-likeness (QED) is 0.549. The number of ether oxygens (including phenoxy) is 1. The molecule has 0 fully saturated rings. The largest absolute Gasteiger partial charge is 0.496 e. The highest BCUT2D eigenvalue weighted by Gasteiger charge is 2.16. The summed E-state index contributed by atoms with van der Waals surface area (Å²) >= 11 is 13.7. The molecular weight excluding hydrogens is 403 g/mol. The van der Waals surface area contributed by atoms with Gasteiger partial charge in [-0.3, -0.25) is 0 Å². The Kier molecular flexibility index (Phi) is 5.53. The lowest BCUT2D eigenvalue weighted by Crippen LogP contribution is -2.00. The summed E-state index contributed by atoms with van der Waals surface area (Å²) in [5.41, 5.74) is 3.37. The van der Waals surface area contributed by atoms with E-state index in [1.165, 1.54) is 5.56 Å². The Labute approximate surface area is 141 Å². The van der Waals surface area contributed by atoms with Gasteiger partial charge < -0.3 is 4.74 Å². The van der Waals surface area contributed by atoms with Crippen molar-refractivity contribution in [2.24, 2.45) is 0 Å². The zero-order valence-electron chi connectivity index (χ0n) is 11.3. The normalized spacial score (nSPS) is 12.2. The van der Waals surface area contributed by atoms with Crippen LogP contribution in [0.5, 0.6) is 5.75 Å². The van der Waals surface area contributed by atoms with Crippen molar-refractivity contribution in [1.82, 2.24) is 0 Å². The van der Waals surface area contributed by atoms with Crippen molar-refractivity contribution >= 4 is 43.5 Å². The van der Waals surface area contributed by atoms with Crippen molar-refractivity contribution in [2.45, 2.75) is 18.7 Å². The summed E-state index contributed by atoms with van der Waals surface area (Å²) in [6.07, 6.45) is 0.722. The lowest BCUT2D eigenvalue weighted by Gasteiger charge is -2.15.